The third-order valence-corrected chi connectivity index (χ3v) is 7.29. The van der Waals surface area contributed by atoms with Gasteiger partial charge in [-0.3, -0.25) is 4.98 Å². The second kappa shape index (κ2) is 9.07. The zero-order valence-electron chi connectivity index (χ0n) is 20.4. The van der Waals surface area contributed by atoms with Crippen LogP contribution in [0.2, 0.25) is 0 Å². The Labute approximate surface area is 216 Å². The van der Waals surface area contributed by atoms with Gasteiger partial charge in [-0.05, 0) is 69.5 Å². The largest absolute Gasteiger partial charge is 0.456 e. The smallest absolute Gasteiger partial charge is 0.143 e. The van der Waals surface area contributed by atoms with Crippen molar-refractivity contribution >= 4 is 37.9 Å². The highest BCUT2D eigenvalue weighted by Gasteiger charge is 2.18. The molecule has 0 saturated carbocycles. The van der Waals surface area contributed by atoms with Gasteiger partial charge in [-0.2, -0.15) is 0 Å². The number of rotatable bonds is 4. The van der Waals surface area contributed by atoms with Crippen molar-refractivity contribution in [2.75, 3.05) is 0 Å². The van der Waals surface area contributed by atoms with E-state index in [1.807, 2.05) is 12.4 Å². The Balaban J connectivity index is 1.35. The van der Waals surface area contributed by atoms with Gasteiger partial charge in [-0.25, -0.2) is 0 Å². The highest BCUT2D eigenvalue weighted by molar-refractivity contribution is 6.13. The molecule has 0 atom stereocenters. The molecule has 6 aromatic rings. The summed E-state index contributed by atoms with van der Waals surface area (Å²) in [6, 6.07) is 34.0. The Morgan fingerprint density at radius 3 is 2.24 bits per heavy atom. The van der Waals surface area contributed by atoms with Gasteiger partial charge in [-0.1, -0.05) is 97.1 Å². The van der Waals surface area contributed by atoms with E-state index in [-0.39, 0.29) is 0 Å². The average molecular weight is 476 g/mol. The molecular weight excluding hydrogens is 450 g/mol. The predicted molar refractivity (Wildman–Crippen MR) is 155 cm³/mol. The highest BCUT2D eigenvalue weighted by atomic mass is 16.5. The minimum Gasteiger partial charge on any atom is -0.456 e. The minimum atomic E-state index is 0.819. The number of ether oxygens (including phenoxy) is 1. The first-order valence-electron chi connectivity index (χ1n) is 12.8. The van der Waals surface area contributed by atoms with Crippen molar-refractivity contribution < 1.29 is 4.74 Å². The zero-order valence-corrected chi connectivity index (χ0v) is 20.4. The SMILES string of the molecule is C1=CCCC(c2c3ccccc3c(Oc3ccc(-c4cccc5ccccc45)cc3)c3ccncc23)=C1. The van der Waals surface area contributed by atoms with Gasteiger partial charge in [0.15, 0.2) is 0 Å². The van der Waals surface area contributed by atoms with E-state index in [1.165, 1.54) is 38.4 Å². The van der Waals surface area contributed by atoms with Crippen LogP contribution in [0.1, 0.15) is 18.4 Å². The number of aromatic nitrogens is 1. The van der Waals surface area contributed by atoms with E-state index < -0.39 is 0 Å². The van der Waals surface area contributed by atoms with Gasteiger partial charge >= 0.3 is 0 Å². The van der Waals surface area contributed by atoms with Crippen molar-refractivity contribution in [1.29, 1.82) is 0 Å². The van der Waals surface area contributed by atoms with Crippen LogP contribution in [-0.4, -0.2) is 4.98 Å². The molecule has 0 unspecified atom stereocenters. The number of allylic oxidation sites excluding steroid dienone is 4. The lowest BCUT2D eigenvalue weighted by Crippen LogP contribution is -1.96. The van der Waals surface area contributed by atoms with Gasteiger partial charge in [0.2, 0.25) is 0 Å². The molecule has 37 heavy (non-hydrogen) atoms. The number of pyridine rings is 1. The minimum absolute atomic E-state index is 0.819. The predicted octanol–water partition coefficient (Wildman–Crippen LogP) is 9.73. The monoisotopic (exact) mass is 475 g/mol. The summed E-state index contributed by atoms with van der Waals surface area (Å²) in [6.45, 7) is 0. The van der Waals surface area contributed by atoms with Crippen molar-refractivity contribution in [3.63, 3.8) is 0 Å². The Morgan fingerprint density at radius 1 is 0.649 bits per heavy atom. The van der Waals surface area contributed by atoms with Crippen LogP contribution in [0.15, 0.2) is 128 Å². The second-order valence-corrected chi connectivity index (χ2v) is 9.48. The average Bonchev–Trinajstić information content (AvgIpc) is 2.98. The molecule has 2 nitrogen and oxygen atoms in total. The summed E-state index contributed by atoms with van der Waals surface area (Å²) >= 11 is 0. The van der Waals surface area contributed by atoms with Gasteiger partial charge in [0.1, 0.15) is 11.5 Å². The summed E-state index contributed by atoms with van der Waals surface area (Å²) in [5.41, 5.74) is 5.02. The summed E-state index contributed by atoms with van der Waals surface area (Å²) in [6.07, 6.45) is 12.6. The second-order valence-electron chi connectivity index (χ2n) is 9.48. The molecule has 1 aliphatic rings. The maximum Gasteiger partial charge on any atom is 0.143 e. The highest BCUT2D eigenvalue weighted by Crippen LogP contribution is 2.44. The van der Waals surface area contributed by atoms with Crippen LogP contribution in [-0.2, 0) is 0 Å². The fraction of sp³-hybridized carbons (Fsp3) is 0.0571. The van der Waals surface area contributed by atoms with E-state index in [2.05, 4.69) is 120 Å². The van der Waals surface area contributed by atoms with Crippen molar-refractivity contribution in [2.45, 2.75) is 12.8 Å². The standard InChI is InChI=1S/C35H25NO/c1-2-10-26(11-3-1)34-30-14-6-7-15-31(30)35(32-21-22-36-23-33(32)34)37-27-19-17-25(18-20-27)29-16-8-12-24-9-4-5-13-28(24)29/h1-2,4-10,12-23H,3,11H2. The van der Waals surface area contributed by atoms with Crippen molar-refractivity contribution in [1.82, 2.24) is 4.98 Å². The molecule has 1 aliphatic carbocycles. The molecule has 0 aliphatic heterocycles. The van der Waals surface area contributed by atoms with Crippen molar-refractivity contribution in [2.24, 2.45) is 0 Å². The number of nitrogens with zero attached hydrogens (tertiary/aromatic N) is 1. The van der Waals surface area contributed by atoms with E-state index in [0.29, 0.717) is 0 Å². The van der Waals surface area contributed by atoms with E-state index in [9.17, 15) is 0 Å². The van der Waals surface area contributed by atoms with Crippen LogP contribution < -0.4 is 4.74 Å². The topological polar surface area (TPSA) is 22.1 Å². The fourth-order valence-electron chi connectivity index (χ4n) is 5.55. The maximum absolute atomic E-state index is 6.66. The Hall–Kier alpha value is -4.69. The van der Waals surface area contributed by atoms with Gasteiger partial charge in [-0.15, -0.1) is 0 Å². The van der Waals surface area contributed by atoms with E-state index in [1.54, 1.807) is 0 Å². The molecule has 176 valence electrons. The summed E-state index contributed by atoms with van der Waals surface area (Å²) in [4.78, 5) is 4.49. The molecular formula is C35H25NO. The molecule has 0 bridgehead atoms. The molecule has 0 amide bonds. The summed E-state index contributed by atoms with van der Waals surface area (Å²) in [7, 11) is 0. The summed E-state index contributed by atoms with van der Waals surface area (Å²) in [5.74, 6) is 1.70. The first-order chi connectivity index (χ1) is 18.4. The van der Waals surface area contributed by atoms with E-state index >= 15 is 0 Å². The number of fused-ring (bicyclic) bond motifs is 3. The number of hydrogen-bond acceptors (Lipinski definition) is 2. The Kier molecular flexibility index (Phi) is 5.29. The molecule has 0 N–H and O–H groups in total. The maximum atomic E-state index is 6.66. The van der Waals surface area contributed by atoms with Crippen molar-refractivity contribution in [3.05, 3.63) is 133 Å². The Morgan fingerprint density at radius 2 is 1.41 bits per heavy atom. The lowest BCUT2D eigenvalue weighted by atomic mass is 9.88. The lowest BCUT2D eigenvalue weighted by Gasteiger charge is -2.19. The van der Waals surface area contributed by atoms with Crippen LogP contribution >= 0.6 is 0 Å². The van der Waals surface area contributed by atoms with Gasteiger partial charge < -0.3 is 4.74 Å². The van der Waals surface area contributed by atoms with Crippen LogP contribution in [0.4, 0.5) is 0 Å². The zero-order chi connectivity index (χ0) is 24.6. The normalized spacial score (nSPS) is 13.2. The first-order valence-corrected chi connectivity index (χ1v) is 12.8. The fourth-order valence-corrected chi connectivity index (χ4v) is 5.55. The van der Waals surface area contributed by atoms with Gasteiger partial charge in [0, 0.05) is 28.6 Å². The molecule has 0 spiro atoms. The van der Waals surface area contributed by atoms with Crippen molar-refractivity contribution in [3.8, 4) is 22.6 Å². The molecule has 2 heteroatoms. The third kappa shape index (κ3) is 3.78. The molecule has 0 saturated heterocycles. The van der Waals surface area contributed by atoms with Gasteiger partial charge in [0.05, 0.1) is 0 Å². The molecule has 5 aromatic carbocycles. The molecule has 7 rings (SSSR count). The van der Waals surface area contributed by atoms with E-state index in [4.69, 9.17) is 4.74 Å². The lowest BCUT2D eigenvalue weighted by molar-refractivity contribution is 0.494. The molecule has 1 heterocycles. The quantitative estimate of drug-likeness (QED) is 0.237. The van der Waals surface area contributed by atoms with E-state index in [0.717, 1.165) is 40.5 Å². The first kappa shape index (κ1) is 21.6. The number of benzene rings is 5. The molecule has 0 fully saturated rings. The molecule has 0 radical (unpaired) electrons. The Bertz CT molecular complexity index is 1780. The third-order valence-electron chi connectivity index (χ3n) is 7.29. The number of hydrogen-bond donors (Lipinski definition) is 0. The molecule has 1 aromatic heterocycles. The van der Waals surface area contributed by atoms with Crippen LogP contribution in [0.3, 0.4) is 0 Å². The summed E-state index contributed by atoms with van der Waals surface area (Å²) < 4.78 is 6.66. The van der Waals surface area contributed by atoms with Crippen LogP contribution in [0.25, 0.3) is 49.0 Å². The van der Waals surface area contributed by atoms with Gasteiger partial charge in [0.25, 0.3) is 0 Å². The van der Waals surface area contributed by atoms with Crippen LogP contribution in [0, 0.1) is 0 Å². The summed E-state index contributed by atoms with van der Waals surface area (Å²) in [5, 5.41) is 7.03. The van der Waals surface area contributed by atoms with Crippen LogP contribution in [0.5, 0.6) is 11.5 Å².